The minimum atomic E-state index is -0.842. The smallest absolute Gasteiger partial charge is 0.303 e. The van der Waals surface area contributed by atoms with Gasteiger partial charge in [-0.05, 0) is 29.5 Å². The third-order valence-electron chi connectivity index (χ3n) is 4.78. The van der Waals surface area contributed by atoms with Crippen LogP contribution in [0, 0.1) is 11.8 Å². The number of carbonyl (C=O) groups is 2. The highest BCUT2D eigenvalue weighted by Crippen LogP contribution is 2.30. The van der Waals surface area contributed by atoms with E-state index in [9.17, 15) is 9.59 Å². The van der Waals surface area contributed by atoms with Gasteiger partial charge in [-0.25, -0.2) is 10.9 Å². The number of hydrazine groups is 2. The highest BCUT2D eigenvalue weighted by atomic mass is 16.4. The molecule has 8 nitrogen and oxygen atoms in total. The van der Waals surface area contributed by atoms with Gasteiger partial charge < -0.3 is 15.1 Å². The van der Waals surface area contributed by atoms with E-state index in [2.05, 4.69) is 16.4 Å². The molecule has 2 heterocycles. The Morgan fingerprint density at radius 2 is 1.96 bits per heavy atom. The number of carboxylic acids is 1. The van der Waals surface area contributed by atoms with Gasteiger partial charge in [0, 0.05) is 31.2 Å². The molecule has 2 aliphatic heterocycles. The number of hydrogen-bond acceptors (Lipinski definition) is 6. The number of rotatable bonds is 5. The largest absolute Gasteiger partial charge is 0.481 e. The Balaban J connectivity index is 1.72. The maximum absolute atomic E-state index is 12.7. The van der Waals surface area contributed by atoms with Crippen LogP contribution in [0.5, 0.6) is 0 Å². The van der Waals surface area contributed by atoms with E-state index >= 15 is 0 Å². The molecule has 2 saturated heterocycles. The summed E-state index contributed by atoms with van der Waals surface area (Å²) in [4.78, 5) is 25.6. The number of aliphatic hydroxyl groups excluding tert-OH is 1. The SMILES string of the molecule is O=C(O)C[C@@H]1CN(C(=O)c2ccc(CO)cc2)C[C@@H]1C1CNNN1. The van der Waals surface area contributed by atoms with E-state index in [0.29, 0.717) is 25.2 Å². The first-order valence-corrected chi connectivity index (χ1v) is 8.02. The Morgan fingerprint density at radius 3 is 2.54 bits per heavy atom. The lowest BCUT2D eigenvalue weighted by molar-refractivity contribution is -0.138. The van der Waals surface area contributed by atoms with Gasteiger partial charge in [0.05, 0.1) is 13.0 Å². The quantitative estimate of drug-likeness (QED) is 0.485. The molecule has 1 amide bonds. The van der Waals surface area contributed by atoms with Gasteiger partial charge in [-0.15, -0.1) is 0 Å². The molecule has 5 N–H and O–H groups in total. The molecule has 2 fully saturated rings. The van der Waals surface area contributed by atoms with E-state index in [0.717, 1.165) is 5.56 Å². The summed E-state index contributed by atoms with van der Waals surface area (Å²) in [7, 11) is 0. The molecule has 3 atom stereocenters. The zero-order chi connectivity index (χ0) is 17.1. The Morgan fingerprint density at radius 1 is 1.21 bits per heavy atom. The number of aliphatic hydroxyl groups is 1. The molecule has 3 rings (SSSR count). The molecule has 0 aliphatic carbocycles. The minimum Gasteiger partial charge on any atom is -0.481 e. The Hall–Kier alpha value is -2.00. The first-order valence-electron chi connectivity index (χ1n) is 8.02. The molecule has 24 heavy (non-hydrogen) atoms. The van der Waals surface area contributed by atoms with Gasteiger partial charge in [-0.3, -0.25) is 9.59 Å². The lowest BCUT2D eigenvalue weighted by atomic mass is 9.87. The number of aliphatic carboxylic acids is 1. The highest BCUT2D eigenvalue weighted by molar-refractivity contribution is 5.94. The minimum absolute atomic E-state index is 0.0517. The van der Waals surface area contributed by atoms with Crippen LogP contribution in [0.2, 0.25) is 0 Å². The first kappa shape index (κ1) is 16.8. The number of benzene rings is 1. The molecule has 2 aliphatic rings. The summed E-state index contributed by atoms with van der Waals surface area (Å²) >= 11 is 0. The van der Waals surface area contributed by atoms with Gasteiger partial charge in [0.2, 0.25) is 0 Å². The molecule has 0 radical (unpaired) electrons. The third kappa shape index (κ3) is 3.57. The van der Waals surface area contributed by atoms with Crippen molar-refractivity contribution in [3.05, 3.63) is 35.4 Å². The van der Waals surface area contributed by atoms with Gasteiger partial charge in [0.1, 0.15) is 0 Å². The molecular weight excluding hydrogens is 312 g/mol. The molecule has 0 saturated carbocycles. The standard InChI is InChI=1S/C16H22N4O4/c21-9-10-1-3-11(4-2-10)16(24)20-7-12(5-15(22)23)13(8-20)14-6-17-19-18-14/h1-4,12-14,17-19,21H,5-9H2,(H,22,23)/t12-,13+,14?/m1/s1. The molecule has 0 bridgehead atoms. The Bertz CT molecular complexity index is 601. The number of amides is 1. The molecule has 130 valence electrons. The van der Waals surface area contributed by atoms with Crippen molar-refractivity contribution in [2.24, 2.45) is 11.8 Å². The van der Waals surface area contributed by atoms with Crippen molar-refractivity contribution in [1.82, 2.24) is 21.3 Å². The number of carboxylic acid groups (broad SMARTS) is 1. The maximum atomic E-state index is 12.7. The molecule has 1 unspecified atom stereocenters. The predicted molar refractivity (Wildman–Crippen MR) is 85.6 cm³/mol. The van der Waals surface area contributed by atoms with Crippen molar-refractivity contribution in [3.8, 4) is 0 Å². The third-order valence-corrected chi connectivity index (χ3v) is 4.78. The second kappa shape index (κ2) is 7.27. The van der Waals surface area contributed by atoms with Gasteiger partial charge in [-0.2, -0.15) is 5.53 Å². The van der Waals surface area contributed by atoms with Crippen LogP contribution in [-0.2, 0) is 11.4 Å². The van der Waals surface area contributed by atoms with Crippen molar-refractivity contribution in [3.63, 3.8) is 0 Å². The van der Waals surface area contributed by atoms with Crippen LogP contribution < -0.4 is 16.4 Å². The van der Waals surface area contributed by atoms with E-state index < -0.39 is 5.97 Å². The van der Waals surface area contributed by atoms with E-state index in [4.69, 9.17) is 10.2 Å². The summed E-state index contributed by atoms with van der Waals surface area (Å²) in [5.41, 5.74) is 10.2. The molecule has 1 aromatic rings. The van der Waals surface area contributed by atoms with Gasteiger partial charge in [0.15, 0.2) is 0 Å². The first-order chi connectivity index (χ1) is 11.6. The van der Waals surface area contributed by atoms with Crippen LogP contribution in [-0.4, -0.2) is 52.7 Å². The molecule has 0 aromatic heterocycles. The number of carbonyl (C=O) groups excluding carboxylic acids is 1. The van der Waals surface area contributed by atoms with Gasteiger partial charge in [0.25, 0.3) is 5.91 Å². The number of hydrogen-bond donors (Lipinski definition) is 5. The zero-order valence-electron chi connectivity index (χ0n) is 13.2. The number of nitrogens with one attached hydrogen (secondary N) is 3. The summed E-state index contributed by atoms with van der Waals surface area (Å²) in [5, 5.41) is 18.2. The van der Waals surface area contributed by atoms with Crippen LogP contribution in [0.4, 0.5) is 0 Å². The number of likely N-dealkylation sites (tertiary alicyclic amines) is 1. The molecule has 0 spiro atoms. The van der Waals surface area contributed by atoms with E-state index in [1.54, 1.807) is 29.2 Å². The normalized spacial score (nSPS) is 26.7. The fraction of sp³-hybridized carbons (Fsp3) is 0.500. The predicted octanol–water partition coefficient (Wildman–Crippen LogP) is -0.677. The van der Waals surface area contributed by atoms with Crippen molar-refractivity contribution in [2.75, 3.05) is 19.6 Å². The van der Waals surface area contributed by atoms with Crippen LogP contribution >= 0.6 is 0 Å². The van der Waals surface area contributed by atoms with Crippen molar-refractivity contribution >= 4 is 11.9 Å². The van der Waals surface area contributed by atoms with E-state index in [1.807, 2.05) is 0 Å². The number of nitrogens with zero attached hydrogens (tertiary/aromatic N) is 1. The van der Waals surface area contributed by atoms with Crippen molar-refractivity contribution < 1.29 is 19.8 Å². The fourth-order valence-corrected chi connectivity index (χ4v) is 3.51. The average Bonchev–Trinajstić information content (AvgIpc) is 3.23. The van der Waals surface area contributed by atoms with Crippen LogP contribution in [0.1, 0.15) is 22.3 Å². The van der Waals surface area contributed by atoms with Crippen LogP contribution in [0.15, 0.2) is 24.3 Å². The monoisotopic (exact) mass is 334 g/mol. The average molecular weight is 334 g/mol. The Labute approximate surface area is 139 Å². The second-order valence-electron chi connectivity index (χ2n) is 6.34. The van der Waals surface area contributed by atoms with Crippen LogP contribution in [0.25, 0.3) is 0 Å². The Kier molecular flexibility index (Phi) is 5.10. The lowest BCUT2D eigenvalue weighted by Gasteiger charge is -2.22. The van der Waals surface area contributed by atoms with Crippen LogP contribution in [0.3, 0.4) is 0 Å². The molecule has 8 heteroatoms. The summed E-state index contributed by atoms with van der Waals surface area (Å²) in [6, 6.07) is 6.93. The van der Waals surface area contributed by atoms with Crippen molar-refractivity contribution in [1.29, 1.82) is 0 Å². The zero-order valence-corrected chi connectivity index (χ0v) is 13.2. The summed E-state index contributed by atoms with van der Waals surface area (Å²) in [6.07, 6.45) is 0.0517. The summed E-state index contributed by atoms with van der Waals surface area (Å²) in [5.74, 6) is -0.951. The summed E-state index contributed by atoms with van der Waals surface area (Å²) < 4.78 is 0. The highest BCUT2D eigenvalue weighted by Gasteiger charge is 2.41. The van der Waals surface area contributed by atoms with Crippen molar-refractivity contribution in [2.45, 2.75) is 19.1 Å². The second-order valence-corrected chi connectivity index (χ2v) is 6.34. The summed E-state index contributed by atoms with van der Waals surface area (Å²) in [6.45, 7) is 1.59. The maximum Gasteiger partial charge on any atom is 0.303 e. The topological polar surface area (TPSA) is 114 Å². The lowest BCUT2D eigenvalue weighted by Crippen LogP contribution is -2.41. The molecule has 1 aromatic carbocycles. The fourth-order valence-electron chi connectivity index (χ4n) is 3.51. The van der Waals surface area contributed by atoms with E-state index in [-0.39, 0.29) is 36.8 Å². The van der Waals surface area contributed by atoms with Gasteiger partial charge >= 0.3 is 5.97 Å². The molecular formula is C16H22N4O4. The van der Waals surface area contributed by atoms with Gasteiger partial charge in [-0.1, -0.05) is 12.1 Å². The van der Waals surface area contributed by atoms with E-state index in [1.165, 1.54) is 0 Å².